The number of hydrogen-bond acceptors (Lipinski definition) is 11. The Bertz CT molecular complexity index is 3330. The molecule has 1 fully saturated rings. The van der Waals surface area contributed by atoms with Crippen molar-refractivity contribution in [3.05, 3.63) is 180 Å². The van der Waals surface area contributed by atoms with Crippen LogP contribution in [0, 0.1) is 5.92 Å². The first-order valence-corrected chi connectivity index (χ1v) is 30.7. The highest BCUT2D eigenvalue weighted by Gasteiger charge is 2.41. The lowest BCUT2D eigenvalue weighted by molar-refractivity contribution is -0.136. The monoisotopic (exact) mass is 1260 g/mol. The summed E-state index contributed by atoms with van der Waals surface area (Å²) in [4.78, 5) is 128. The molecule has 0 unspecified atom stereocenters. The van der Waals surface area contributed by atoms with Gasteiger partial charge in [0.05, 0.1) is 6.04 Å². The Balaban J connectivity index is 1.46. The SMILES string of the molecule is NC(N)=NCCC[C@H]1CC(=O)[C@H](CCCN=C(N)N)NC(=O)[C@@H](CCCN=C(N)N)NC(=O)[C@@H](CCCN=C(N)N)NC(=O)[C@@H](C(c2ccccc2)c2ccccc2)NC(=O)[C@H](Cc2c[nH]c3ccccc23)NC(=O)[C@@H](C(c2ccccc2)c2ccccc2)NC1=O. The number of para-hydroxylation sites is 1. The van der Waals surface area contributed by atoms with Crippen molar-refractivity contribution < 1.29 is 33.6 Å². The number of Topliss-reactive ketones (excluding diaryl/α,β-unsaturated/α-hetero) is 1. The van der Waals surface area contributed by atoms with Gasteiger partial charge < -0.3 is 82.8 Å². The van der Waals surface area contributed by atoms with Crippen LogP contribution in [0.25, 0.3) is 10.9 Å². The number of ketones is 1. The highest BCUT2D eigenvalue weighted by Crippen LogP contribution is 2.32. The number of H-pyrrole nitrogens is 1. The van der Waals surface area contributed by atoms with E-state index in [4.69, 9.17) is 45.9 Å². The van der Waals surface area contributed by atoms with Crippen LogP contribution in [0.15, 0.2) is 172 Å². The standard InChI is InChI=1S/C66H85N19O7/c67-63(68)75-33-15-27-44-38-52(86)48(30-16-34-76-64(69)70)80-58(88)49(31-17-35-77-65(71)72)81-59(89)50(32-18-36-78-66(73)74)82-61(91)56(54(42-23-9-3-10-24-42)43-25-11-4-12-26-43)85-60(90)51(37-45-39-79-47-29-14-13-28-46(45)47)83-62(92)55(84-57(44)87)53(40-19-5-1-6-20-40)41-21-7-2-8-22-41/h1-14,19-26,28-29,39,44,48-51,53-56,79H,15-18,27,30-38H2,(H,80,88)(H,81,89)(H,82,91)(H,83,92)(H,84,87)(H,85,90)(H4,67,68,75)(H4,69,70,76)(H4,71,72,77)(H4,73,74,78)/t44-,48-,49+,50+,51-,55+,56+/m0/s1. The summed E-state index contributed by atoms with van der Waals surface area (Å²) in [5.41, 5.74) is 49.4. The van der Waals surface area contributed by atoms with Crippen LogP contribution in [0.3, 0.4) is 0 Å². The van der Waals surface area contributed by atoms with Crippen molar-refractivity contribution in [1.82, 2.24) is 36.9 Å². The molecule has 26 nitrogen and oxygen atoms in total. The molecule has 23 N–H and O–H groups in total. The summed E-state index contributed by atoms with van der Waals surface area (Å²) in [6.07, 6.45) is 1.52. The minimum atomic E-state index is -1.54. The second kappa shape index (κ2) is 34.8. The second-order valence-corrected chi connectivity index (χ2v) is 22.5. The average Bonchev–Trinajstić information content (AvgIpc) is 1.08. The van der Waals surface area contributed by atoms with E-state index in [0.717, 1.165) is 10.9 Å². The fourth-order valence-corrected chi connectivity index (χ4v) is 11.3. The van der Waals surface area contributed by atoms with E-state index in [-0.39, 0.29) is 108 Å². The number of nitrogens with zero attached hydrogens (tertiary/aromatic N) is 4. The van der Waals surface area contributed by atoms with E-state index in [2.05, 4.69) is 56.9 Å². The Kier molecular flexibility index (Phi) is 26.0. The molecular formula is C66H85N19O7. The van der Waals surface area contributed by atoms with Gasteiger partial charge in [0.15, 0.2) is 29.6 Å². The maximum absolute atomic E-state index is 16.1. The molecule has 0 spiro atoms. The first kappa shape index (κ1) is 68.7. The molecule has 7 rings (SSSR count). The van der Waals surface area contributed by atoms with Gasteiger partial charge in [-0.2, -0.15) is 0 Å². The van der Waals surface area contributed by atoms with Crippen molar-refractivity contribution in [3.8, 4) is 0 Å². The lowest BCUT2D eigenvalue weighted by Crippen LogP contribution is -2.61. The number of nitrogens with two attached hydrogens (primary N) is 8. The van der Waals surface area contributed by atoms with Gasteiger partial charge in [0.25, 0.3) is 0 Å². The van der Waals surface area contributed by atoms with Gasteiger partial charge in [0.1, 0.15) is 30.2 Å². The molecule has 0 bridgehead atoms. The van der Waals surface area contributed by atoms with Crippen LogP contribution in [-0.2, 0) is 40.0 Å². The van der Waals surface area contributed by atoms with Crippen molar-refractivity contribution in [2.45, 2.75) is 112 Å². The molecule has 0 aliphatic carbocycles. The molecule has 2 heterocycles. The first-order valence-electron chi connectivity index (χ1n) is 30.7. The zero-order chi connectivity index (χ0) is 65.9. The number of rotatable bonds is 24. The number of aliphatic imine (C=N–C) groups is 4. The summed E-state index contributed by atoms with van der Waals surface area (Å²) in [6.45, 7) is 0.184. The van der Waals surface area contributed by atoms with Crippen molar-refractivity contribution >= 4 is 76.0 Å². The van der Waals surface area contributed by atoms with Crippen LogP contribution in [0.5, 0.6) is 0 Å². The van der Waals surface area contributed by atoms with E-state index in [1.807, 2.05) is 60.7 Å². The zero-order valence-electron chi connectivity index (χ0n) is 51.3. The summed E-state index contributed by atoms with van der Waals surface area (Å²) < 4.78 is 0. The zero-order valence-corrected chi connectivity index (χ0v) is 51.3. The van der Waals surface area contributed by atoms with E-state index >= 15 is 28.8 Å². The maximum Gasteiger partial charge on any atom is 0.244 e. The Hall–Kier alpha value is -10.8. The number of aromatic nitrogens is 1. The molecule has 7 atom stereocenters. The number of guanidine groups is 4. The molecule has 92 heavy (non-hydrogen) atoms. The van der Waals surface area contributed by atoms with Crippen LogP contribution in [0.2, 0.25) is 0 Å². The van der Waals surface area contributed by atoms with Crippen molar-refractivity contribution in [3.63, 3.8) is 0 Å². The van der Waals surface area contributed by atoms with Crippen molar-refractivity contribution in [1.29, 1.82) is 0 Å². The molecule has 5 aromatic carbocycles. The van der Waals surface area contributed by atoms with E-state index in [9.17, 15) is 4.79 Å². The van der Waals surface area contributed by atoms with Crippen LogP contribution in [0.1, 0.15) is 97.4 Å². The molecule has 0 saturated carbocycles. The summed E-state index contributed by atoms with van der Waals surface area (Å²) >= 11 is 0. The quantitative estimate of drug-likeness (QED) is 0.0229. The lowest BCUT2D eigenvalue weighted by atomic mass is 9.83. The predicted octanol–water partition coefficient (Wildman–Crippen LogP) is 1.09. The van der Waals surface area contributed by atoms with E-state index < -0.39 is 102 Å². The molecular weight excluding hydrogens is 1170 g/mol. The van der Waals surface area contributed by atoms with E-state index in [0.29, 0.717) is 27.8 Å². The fourth-order valence-electron chi connectivity index (χ4n) is 11.3. The third-order valence-corrected chi connectivity index (χ3v) is 15.8. The summed E-state index contributed by atoms with van der Waals surface area (Å²) in [6, 6.07) is 34.8. The molecule has 6 amide bonds. The number of amides is 6. The summed E-state index contributed by atoms with van der Waals surface area (Å²) in [5, 5.41) is 18.5. The number of carbonyl (C=O) groups is 7. The Morgan fingerprint density at radius 3 is 1.14 bits per heavy atom. The number of aromatic amines is 1. The van der Waals surface area contributed by atoms with E-state index in [1.54, 1.807) is 91.1 Å². The molecule has 1 aliphatic rings. The Labute approximate surface area is 534 Å². The van der Waals surface area contributed by atoms with Gasteiger partial charge in [0, 0.05) is 73.9 Å². The van der Waals surface area contributed by atoms with Gasteiger partial charge in [-0.25, -0.2) is 0 Å². The molecule has 0 radical (unpaired) electrons. The Morgan fingerprint density at radius 2 is 0.717 bits per heavy atom. The van der Waals surface area contributed by atoms with Gasteiger partial charge >= 0.3 is 0 Å². The molecule has 486 valence electrons. The topological polar surface area (TPSA) is 465 Å². The maximum atomic E-state index is 16.1. The minimum Gasteiger partial charge on any atom is -0.370 e. The van der Waals surface area contributed by atoms with Crippen LogP contribution in [0.4, 0.5) is 0 Å². The number of fused-ring (bicyclic) bond motifs is 1. The second-order valence-electron chi connectivity index (χ2n) is 22.5. The highest BCUT2D eigenvalue weighted by molar-refractivity contribution is 6.00. The van der Waals surface area contributed by atoms with Crippen LogP contribution < -0.4 is 77.8 Å². The smallest absolute Gasteiger partial charge is 0.244 e. The number of nitrogens with one attached hydrogen (secondary N) is 7. The van der Waals surface area contributed by atoms with Crippen LogP contribution >= 0.6 is 0 Å². The number of carbonyl (C=O) groups excluding carboxylic acids is 7. The highest BCUT2D eigenvalue weighted by atomic mass is 16.2. The van der Waals surface area contributed by atoms with Crippen molar-refractivity contribution in [2.24, 2.45) is 71.8 Å². The van der Waals surface area contributed by atoms with Gasteiger partial charge in [-0.15, -0.1) is 0 Å². The van der Waals surface area contributed by atoms with Gasteiger partial charge in [-0.3, -0.25) is 53.5 Å². The average molecular weight is 1260 g/mol. The number of benzene rings is 5. The normalized spacial score (nSPS) is 19.6. The Morgan fingerprint density at radius 1 is 0.380 bits per heavy atom. The molecule has 26 heteroatoms. The summed E-state index contributed by atoms with van der Waals surface area (Å²) in [5.74, 6) is -9.31. The third kappa shape index (κ3) is 20.6. The largest absolute Gasteiger partial charge is 0.370 e. The summed E-state index contributed by atoms with van der Waals surface area (Å²) in [7, 11) is 0. The lowest BCUT2D eigenvalue weighted by Gasteiger charge is -2.33. The number of hydrogen-bond donors (Lipinski definition) is 15. The van der Waals surface area contributed by atoms with E-state index in [1.165, 1.54) is 0 Å². The molecule has 6 aromatic rings. The van der Waals surface area contributed by atoms with Gasteiger partial charge in [-0.1, -0.05) is 140 Å². The first-order chi connectivity index (χ1) is 44.4. The van der Waals surface area contributed by atoms with Gasteiger partial charge in [0.2, 0.25) is 35.4 Å². The molecule has 1 aromatic heterocycles. The van der Waals surface area contributed by atoms with Gasteiger partial charge in [-0.05, 0) is 85.3 Å². The third-order valence-electron chi connectivity index (χ3n) is 15.8. The van der Waals surface area contributed by atoms with Crippen molar-refractivity contribution in [2.75, 3.05) is 26.2 Å². The molecule has 1 saturated heterocycles. The minimum absolute atomic E-state index is 0.00472. The van der Waals surface area contributed by atoms with Crippen LogP contribution in [-0.4, -0.2) is 132 Å². The fraction of sp³-hybridized carbons (Fsp3) is 0.348. The predicted molar refractivity (Wildman–Crippen MR) is 356 cm³/mol. The molecule has 1 aliphatic heterocycles.